The van der Waals surface area contributed by atoms with Gasteiger partial charge < -0.3 is 20.3 Å². The molecule has 1 aliphatic heterocycles. The minimum absolute atomic E-state index is 0.0282. The average molecular weight is 326 g/mol. The van der Waals surface area contributed by atoms with Crippen LogP contribution in [0.4, 0.5) is 11.5 Å². The Bertz CT molecular complexity index is 761. The zero-order chi connectivity index (χ0) is 17.1. The molecule has 7 nitrogen and oxygen atoms in total. The van der Waals surface area contributed by atoms with Crippen LogP contribution in [0.1, 0.15) is 10.4 Å². The van der Waals surface area contributed by atoms with Crippen molar-refractivity contribution in [3.8, 4) is 5.75 Å². The van der Waals surface area contributed by atoms with Gasteiger partial charge in [-0.1, -0.05) is 6.07 Å². The lowest BCUT2D eigenvalue weighted by atomic mass is 10.2. The summed E-state index contributed by atoms with van der Waals surface area (Å²) in [5, 5.41) is 0. The van der Waals surface area contributed by atoms with E-state index in [0.717, 1.165) is 5.69 Å². The van der Waals surface area contributed by atoms with Crippen LogP contribution in [-0.2, 0) is 4.79 Å². The van der Waals surface area contributed by atoms with Crippen LogP contribution in [0.25, 0.3) is 0 Å². The van der Waals surface area contributed by atoms with E-state index in [1.807, 2.05) is 18.2 Å². The van der Waals surface area contributed by atoms with Crippen molar-refractivity contribution in [2.45, 2.75) is 0 Å². The van der Waals surface area contributed by atoms with Gasteiger partial charge in [-0.3, -0.25) is 9.59 Å². The Morgan fingerprint density at radius 3 is 2.75 bits per heavy atom. The molecule has 124 valence electrons. The largest absolute Gasteiger partial charge is 0.497 e. The minimum Gasteiger partial charge on any atom is -0.497 e. The summed E-state index contributed by atoms with van der Waals surface area (Å²) in [7, 11) is 1.58. The number of methoxy groups -OCH3 is 1. The molecule has 0 bridgehead atoms. The lowest BCUT2D eigenvalue weighted by molar-refractivity contribution is -0.120. The lowest BCUT2D eigenvalue weighted by Crippen LogP contribution is -2.52. The van der Waals surface area contributed by atoms with Crippen molar-refractivity contribution in [2.75, 3.05) is 37.4 Å². The van der Waals surface area contributed by atoms with Crippen LogP contribution >= 0.6 is 0 Å². The molecule has 0 saturated carbocycles. The fraction of sp³-hybridized carbons (Fsp3) is 0.235. The maximum absolute atomic E-state index is 12.5. The van der Waals surface area contributed by atoms with E-state index >= 15 is 0 Å². The van der Waals surface area contributed by atoms with Gasteiger partial charge in [0, 0.05) is 31.0 Å². The summed E-state index contributed by atoms with van der Waals surface area (Å²) in [6.45, 7) is 0.909. The molecular formula is C17H18N4O3. The van der Waals surface area contributed by atoms with Crippen LogP contribution in [0.2, 0.25) is 0 Å². The predicted octanol–water partition coefficient (Wildman–Crippen LogP) is 1.16. The van der Waals surface area contributed by atoms with Crippen LogP contribution in [0.5, 0.6) is 5.75 Å². The number of benzene rings is 1. The normalized spacial score (nSPS) is 14.6. The molecule has 0 radical (unpaired) electrons. The predicted molar refractivity (Wildman–Crippen MR) is 89.9 cm³/mol. The molecule has 0 aliphatic carbocycles. The maximum atomic E-state index is 12.5. The Hall–Kier alpha value is -3.09. The summed E-state index contributed by atoms with van der Waals surface area (Å²) in [6.07, 6.45) is 1.43. The Balaban J connectivity index is 1.71. The van der Waals surface area contributed by atoms with Gasteiger partial charge in [-0.25, -0.2) is 4.98 Å². The van der Waals surface area contributed by atoms with E-state index < -0.39 is 0 Å². The highest BCUT2D eigenvalue weighted by atomic mass is 16.5. The van der Waals surface area contributed by atoms with Crippen LogP contribution in [0, 0.1) is 0 Å². The number of hydrogen-bond acceptors (Lipinski definition) is 5. The van der Waals surface area contributed by atoms with Crippen LogP contribution in [0.3, 0.4) is 0 Å². The zero-order valence-corrected chi connectivity index (χ0v) is 13.3. The Labute approximate surface area is 139 Å². The summed E-state index contributed by atoms with van der Waals surface area (Å²) in [5.74, 6) is 0.685. The van der Waals surface area contributed by atoms with Crippen molar-refractivity contribution in [1.29, 1.82) is 0 Å². The van der Waals surface area contributed by atoms with E-state index in [-0.39, 0.29) is 18.4 Å². The minimum atomic E-state index is -0.221. The van der Waals surface area contributed by atoms with Gasteiger partial charge in [0.25, 0.3) is 5.91 Å². The Kier molecular flexibility index (Phi) is 4.33. The molecule has 2 aromatic rings. The third-order valence-corrected chi connectivity index (χ3v) is 3.91. The Morgan fingerprint density at radius 2 is 2.08 bits per heavy atom. The third kappa shape index (κ3) is 3.15. The first-order chi connectivity index (χ1) is 11.6. The van der Waals surface area contributed by atoms with E-state index in [0.29, 0.717) is 30.2 Å². The molecule has 0 unspecified atom stereocenters. The van der Waals surface area contributed by atoms with Crippen molar-refractivity contribution in [2.24, 2.45) is 0 Å². The van der Waals surface area contributed by atoms with Gasteiger partial charge in [0.1, 0.15) is 18.1 Å². The fourth-order valence-corrected chi connectivity index (χ4v) is 2.61. The highest BCUT2D eigenvalue weighted by Gasteiger charge is 2.28. The van der Waals surface area contributed by atoms with Crippen molar-refractivity contribution in [3.63, 3.8) is 0 Å². The topological polar surface area (TPSA) is 88.8 Å². The molecule has 0 atom stereocenters. The second kappa shape index (κ2) is 6.57. The van der Waals surface area contributed by atoms with Gasteiger partial charge >= 0.3 is 0 Å². The van der Waals surface area contributed by atoms with Crippen molar-refractivity contribution >= 4 is 23.3 Å². The smallest absolute Gasteiger partial charge is 0.255 e. The van der Waals surface area contributed by atoms with Crippen LogP contribution in [-0.4, -0.2) is 48.4 Å². The number of nitrogens with zero attached hydrogens (tertiary/aromatic N) is 3. The first-order valence-corrected chi connectivity index (χ1v) is 7.53. The number of hydrogen-bond donors (Lipinski definition) is 1. The van der Waals surface area contributed by atoms with E-state index in [9.17, 15) is 9.59 Å². The first kappa shape index (κ1) is 15.8. The molecule has 1 fully saturated rings. The van der Waals surface area contributed by atoms with Gasteiger partial charge in [-0.05, 0) is 24.3 Å². The van der Waals surface area contributed by atoms with E-state index in [4.69, 9.17) is 10.5 Å². The zero-order valence-electron chi connectivity index (χ0n) is 13.3. The number of ether oxygens (including phenoxy) is 1. The van der Waals surface area contributed by atoms with Gasteiger partial charge in [0.05, 0.1) is 12.7 Å². The fourth-order valence-electron chi connectivity index (χ4n) is 2.61. The summed E-state index contributed by atoms with van der Waals surface area (Å²) >= 11 is 0. The van der Waals surface area contributed by atoms with Crippen molar-refractivity contribution in [1.82, 2.24) is 9.88 Å². The molecule has 0 spiro atoms. The molecule has 1 aliphatic rings. The molecule has 2 amide bonds. The second-order valence-corrected chi connectivity index (χ2v) is 5.45. The standard InChI is InChI=1S/C17H18N4O3/c1-24-14-4-2-3-13(9-14)21-8-7-20(11-16(21)22)17(23)12-5-6-15(18)19-10-12/h2-6,9-10H,7-8,11H2,1H3,(H2,18,19). The summed E-state index contributed by atoms with van der Waals surface area (Å²) < 4.78 is 5.19. The molecule has 2 heterocycles. The summed E-state index contributed by atoms with van der Waals surface area (Å²) in [4.78, 5) is 32.0. The van der Waals surface area contributed by atoms with Gasteiger partial charge in [-0.15, -0.1) is 0 Å². The highest BCUT2D eigenvalue weighted by molar-refractivity contribution is 6.01. The number of nitrogen functional groups attached to an aromatic ring is 1. The molecular weight excluding hydrogens is 308 g/mol. The van der Waals surface area contributed by atoms with Crippen LogP contribution in [0.15, 0.2) is 42.6 Å². The number of anilines is 2. The van der Waals surface area contributed by atoms with Gasteiger partial charge in [-0.2, -0.15) is 0 Å². The molecule has 2 N–H and O–H groups in total. The summed E-state index contributed by atoms with van der Waals surface area (Å²) in [6, 6.07) is 10.5. The van der Waals surface area contributed by atoms with Crippen molar-refractivity contribution < 1.29 is 14.3 Å². The molecule has 1 saturated heterocycles. The van der Waals surface area contributed by atoms with Gasteiger partial charge in [0.2, 0.25) is 5.91 Å². The number of aromatic nitrogens is 1. The van der Waals surface area contributed by atoms with E-state index in [1.165, 1.54) is 11.1 Å². The number of amides is 2. The molecule has 3 rings (SSSR count). The number of carbonyl (C=O) groups is 2. The SMILES string of the molecule is COc1cccc(N2CCN(C(=O)c3ccc(N)nc3)CC2=O)c1. The number of piperazine rings is 1. The number of carbonyl (C=O) groups excluding carboxylic acids is 2. The third-order valence-electron chi connectivity index (χ3n) is 3.91. The number of pyridine rings is 1. The molecule has 24 heavy (non-hydrogen) atoms. The van der Waals surface area contributed by atoms with Crippen molar-refractivity contribution in [3.05, 3.63) is 48.2 Å². The first-order valence-electron chi connectivity index (χ1n) is 7.53. The highest BCUT2D eigenvalue weighted by Crippen LogP contribution is 2.23. The van der Waals surface area contributed by atoms with E-state index in [2.05, 4.69) is 4.98 Å². The summed E-state index contributed by atoms with van der Waals surface area (Å²) in [5.41, 5.74) is 6.71. The monoisotopic (exact) mass is 326 g/mol. The average Bonchev–Trinajstić information content (AvgIpc) is 2.61. The maximum Gasteiger partial charge on any atom is 0.255 e. The van der Waals surface area contributed by atoms with Crippen LogP contribution < -0.4 is 15.4 Å². The lowest BCUT2D eigenvalue weighted by Gasteiger charge is -2.34. The number of rotatable bonds is 3. The molecule has 1 aromatic carbocycles. The molecule has 7 heteroatoms. The second-order valence-electron chi connectivity index (χ2n) is 5.45. The molecule has 1 aromatic heterocycles. The van der Waals surface area contributed by atoms with Gasteiger partial charge in [0.15, 0.2) is 0 Å². The number of nitrogens with two attached hydrogens (primary N) is 1. The quantitative estimate of drug-likeness (QED) is 0.914. The Morgan fingerprint density at radius 1 is 1.25 bits per heavy atom. The van der Waals surface area contributed by atoms with E-state index in [1.54, 1.807) is 30.2 Å².